The number of carbonyl (C=O) groups excluding carboxylic acids is 1. The number of hydrogen-bond donors (Lipinski definition) is 0. The predicted octanol–water partition coefficient (Wildman–Crippen LogP) is 1.61. The quantitative estimate of drug-likeness (QED) is 0.776. The first-order valence-electron chi connectivity index (χ1n) is 5.95. The van der Waals surface area contributed by atoms with Gasteiger partial charge in [0.05, 0.1) is 12.6 Å². The van der Waals surface area contributed by atoms with E-state index in [1.165, 1.54) is 19.1 Å². The van der Waals surface area contributed by atoms with Crippen molar-refractivity contribution in [1.29, 1.82) is 0 Å². The summed E-state index contributed by atoms with van der Waals surface area (Å²) in [5.74, 6) is 0. The van der Waals surface area contributed by atoms with Gasteiger partial charge in [0.2, 0.25) is 0 Å². The maximum atomic E-state index is 13.1. The number of amides is 1. The lowest BCUT2D eigenvalue weighted by Gasteiger charge is -2.28. The van der Waals surface area contributed by atoms with Crippen LogP contribution >= 0.6 is 0 Å². The molecule has 1 aliphatic heterocycles. The van der Waals surface area contributed by atoms with Gasteiger partial charge in [-0.15, -0.1) is 0 Å². The second kappa shape index (κ2) is 5.84. The molecule has 0 N–H and O–H groups in total. The minimum absolute atomic E-state index is 0.276. The van der Waals surface area contributed by atoms with Gasteiger partial charge in [-0.05, 0) is 20.8 Å². The average molecular weight is 263 g/mol. The lowest BCUT2D eigenvalue weighted by atomic mass is 10.1. The summed E-state index contributed by atoms with van der Waals surface area (Å²) in [5, 5.41) is 0. The summed E-state index contributed by atoms with van der Waals surface area (Å²) in [7, 11) is 3.00. The Morgan fingerprint density at radius 3 is 2.33 bits per heavy atom. The molecular weight excluding hydrogens is 241 g/mol. The molecule has 0 radical (unpaired) electrons. The number of likely N-dealkylation sites (tertiary alicyclic amines) is 1. The van der Waals surface area contributed by atoms with Crippen LogP contribution in [-0.4, -0.2) is 62.3 Å². The third-order valence-corrected chi connectivity index (χ3v) is 2.88. The van der Waals surface area contributed by atoms with Crippen molar-refractivity contribution >= 4 is 6.09 Å². The zero-order chi connectivity index (χ0) is 13.9. The van der Waals surface area contributed by atoms with Crippen molar-refractivity contribution in [2.24, 2.45) is 0 Å². The highest BCUT2D eigenvalue weighted by Gasteiger charge is 2.46. The summed E-state index contributed by atoms with van der Waals surface area (Å²) in [5.41, 5.74) is -0.605. The normalized spacial score (nSPS) is 28.6. The molecule has 0 spiro atoms. The van der Waals surface area contributed by atoms with Gasteiger partial charge >= 0.3 is 6.09 Å². The highest BCUT2D eigenvalue weighted by Crippen LogP contribution is 2.25. The fraction of sp³-hybridized carbons (Fsp3) is 0.917. The molecule has 5 nitrogen and oxygen atoms in total. The first kappa shape index (κ1) is 15.2. The van der Waals surface area contributed by atoms with Gasteiger partial charge in [0.25, 0.3) is 0 Å². The maximum Gasteiger partial charge on any atom is 0.410 e. The van der Waals surface area contributed by atoms with E-state index in [0.29, 0.717) is 0 Å². The van der Waals surface area contributed by atoms with Crippen LogP contribution in [0.4, 0.5) is 9.18 Å². The Morgan fingerprint density at radius 1 is 1.33 bits per heavy atom. The zero-order valence-corrected chi connectivity index (χ0v) is 11.6. The zero-order valence-electron chi connectivity index (χ0n) is 11.6. The van der Waals surface area contributed by atoms with Crippen molar-refractivity contribution in [1.82, 2.24) is 4.90 Å². The minimum atomic E-state index is -0.683. The Balaban J connectivity index is 2.79. The number of rotatable bonds is 3. The van der Waals surface area contributed by atoms with E-state index in [0.717, 1.165) is 0 Å². The van der Waals surface area contributed by atoms with Crippen LogP contribution in [0.25, 0.3) is 0 Å². The summed E-state index contributed by atoms with van der Waals surface area (Å²) in [4.78, 5) is 13.3. The average Bonchev–Trinajstić information content (AvgIpc) is 2.63. The summed E-state index contributed by atoms with van der Waals surface area (Å²) in [6.45, 7) is 4.91. The number of ether oxygens (including phenoxy) is 3. The Labute approximate surface area is 107 Å². The van der Waals surface area contributed by atoms with E-state index in [-0.39, 0.29) is 12.6 Å². The summed E-state index contributed by atoms with van der Waals surface area (Å²) < 4.78 is 28.8. The van der Waals surface area contributed by atoms with E-state index in [1.807, 2.05) is 0 Å². The molecule has 0 aromatic rings. The van der Waals surface area contributed by atoms with Crippen LogP contribution in [0.3, 0.4) is 0 Å². The molecule has 0 unspecified atom stereocenters. The number of carbonyl (C=O) groups is 1. The summed E-state index contributed by atoms with van der Waals surface area (Å²) in [6, 6.07) is -0.658. The van der Waals surface area contributed by atoms with Crippen molar-refractivity contribution in [2.75, 3.05) is 27.4 Å². The Morgan fingerprint density at radius 2 is 1.94 bits per heavy atom. The molecule has 0 aromatic heterocycles. The monoisotopic (exact) mass is 263 g/mol. The van der Waals surface area contributed by atoms with Crippen molar-refractivity contribution in [3.8, 4) is 0 Å². The second-order valence-corrected chi connectivity index (χ2v) is 5.33. The topological polar surface area (TPSA) is 48.0 Å². The van der Waals surface area contributed by atoms with E-state index >= 15 is 0 Å². The SMILES string of the molecule is CO[C@@H]1[C@H](OC)CN(C(=O)OC(C)(C)C)[C@H]1CF. The van der Waals surface area contributed by atoms with Gasteiger partial charge in [-0.3, -0.25) is 4.90 Å². The van der Waals surface area contributed by atoms with Crippen LogP contribution in [0, 0.1) is 0 Å². The molecule has 1 aliphatic rings. The Bertz CT molecular complexity index is 292. The van der Waals surface area contributed by atoms with Gasteiger partial charge in [0, 0.05) is 14.2 Å². The van der Waals surface area contributed by atoms with Gasteiger partial charge < -0.3 is 14.2 Å². The van der Waals surface area contributed by atoms with Crippen LogP contribution in [0.15, 0.2) is 0 Å². The maximum absolute atomic E-state index is 13.1. The van der Waals surface area contributed by atoms with Crippen molar-refractivity contribution in [3.63, 3.8) is 0 Å². The molecule has 0 bridgehead atoms. The standard InChI is InChI=1S/C12H22FNO4/c1-12(2,3)18-11(15)14-7-9(16-4)10(17-5)8(14)6-13/h8-10H,6-7H2,1-5H3/t8-,9+,10-/m0/s1. The van der Waals surface area contributed by atoms with Gasteiger partial charge in [-0.2, -0.15) is 0 Å². The highest BCUT2D eigenvalue weighted by atomic mass is 19.1. The molecule has 1 amide bonds. The lowest BCUT2D eigenvalue weighted by molar-refractivity contribution is -0.0244. The summed E-state index contributed by atoms with van der Waals surface area (Å²) >= 11 is 0. The fourth-order valence-corrected chi connectivity index (χ4v) is 2.08. The number of nitrogens with zero attached hydrogens (tertiary/aromatic N) is 1. The molecule has 0 saturated carbocycles. The first-order chi connectivity index (χ1) is 8.34. The second-order valence-electron chi connectivity index (χ2n) is 5.33. The third-order valence-electron chi connectivity index (χ3n) is 2.88. The van der Waals surface area contributed by atoms with E-state index in [4.69, 9.17) is 14.2 Å². The molecule has 1 saturated heterocycles. The summed E-state index contributed by atoms with van der Waals surface area (Å²) in [6.07, 6.45) is -1.33. The molecule has 0 aliphatic carbocycles. The van der Waals surface area contributed by atoms with E-state index in [1.54, 1.807) is 20.8 Å². The van der Waals surface area contributed by atoms with Crippen molar-refractivity contribution in [2.45, 2.75) is 44.6 Å². The van der Waals surface area contributed by atoms with Crippen LogP contribution < -0.4 is 0 Å². The minimum Gasteiger partial charge on any atom is -0.444 e. The van der Waals surface area contributed by atoms with Crippen molar-refractivity contribution < 1.29 is 23.4 Å². The van der Waals surface area contributed by atoms with Crippen molar-refractivity contribution in [3.05, 3.63) is 0 Å². The number of halogens is 1. The molecule has 6 heteroatoms. The first-order valence-corrected chi connectivity index (χ1v) is 5.95. The van der Waals surface area contributed by atoms with Crippen LogP contribution in [-0.2, 0) is 14.2 Å². The molecule has 1 rings (SSSR count). The van der Waals surface area contributed by atoms with Crippen LogP contribution in [0.2, 0.25) is 0 Å². The van der Waals surface area contributed by atoms with E-state index < -0.39 is 30.5 Å². The molecule has 1 fully saturated rings. The third kappa shape index (κ3) is 3.32. The number of methoxy groups -OCH3 is 2. The van der Waals surface area contributed by atoms with Crippen LogP contribution in [0.5, 0.6) is 0 Å². The van der Waals surface area contributed by atoms with E-state index in [2.05, 4.69) is 0 Å². The number of alkyl halides is 1. The van der Waals surface area contributed by atoms with Gasteiger partial charge in [0.15, 0.2) is 0 Å². The fourth-order valence-electron chi connectivity index (χ4n) is 2.08. The molecule has 18 heavy (non-hydrogen) atoms. The highest BCUT2D eigenvalue weighted by molar-refractivity contribution is 5.69. The lowest BCUT2D eigenvalue weighted by Crippen LogP contribution is -2.44. The molecular formula is C12H22FNO4. The number of hydrogen-bond acceptors (Lipinski definition) is 4. The molecule has 0 aromatic carbocycles. The van der Waals surface area contributed by atoms with Gasteiger partial charge in [0.1, 0.15) is 24.5 Å². The Hall–Kier alpha value is -0.880. The molecule has 1 heterocycles. The van der Waals surface area contributed by atoms with Gasteiger partial charge in [-0.25, -0.2) is 9.18 Å². The molecule has 106 valence electrons. The Kier molecular flexibility index (Phi) is 4.92. The predicted molar refractivity (Wildman–Crippen MR) is 64.3 cm³/mol. The van der Waals surface area contributed by atoms with Crippen LogP contribution in [0.1, 0.15) is 20.8 Å². The van der Waals surface area contributed by atoms with E-state index in [9.17, 15) is 9.18 Å². The smallest absolute Gasteiger partial charge is 0.410 e. The molecule has 3 atom stereocenters. The largest absolute Gasteiger partial charge is 0.444 e. The van der Waals surface area contributed by atoms with Gasteiger partial charge in [-0.1, -0.05) is 0 Å².